The van der Waals surface area contributed by atoms with Gasteiger partial charge in [0, 0.05) is 19.1 Å². The third kappa shape index (κ3) is 3.70. The van der Waals surface area contributed by atoms with E-state index in [-0.39, 0.29) is 10.6 Å². The van der Waals surface area contributed by atoms with Crippen LogP contribution in [0.3, 0.4) is 0 Å². The number of hydrogen-bond acceptors (Lipinski definition) is 2. The summed E-state index contributed by atoms with van der Waals surface area (Å²) in [6, 6.07) is 4.81. The first-order chi connectivity index (χ1) is 9.59. The van der Waals surface area contributed by atoms with Gasteiger partial charge in [0.25, 0.3) is 5.91 Å². The monoisotopic (exact) mass is 298 g/mol. The Hall–Kier alpha value is -1.13. The molecule has 1 aliphatic rings. The molecule has 1 saturated heterocycles. The average Bonchev–Trinajstić information content (AvgIpc) is 2.41. The Morgan fingerprint density at radius 3 is 3.00 bits per heavy atom. The number of nitrogens with one attached hydrogen (secondary N) is 1. The number of piperidine rings is 1. The predicted molar refractivity (Wildman–Crippen MR) is 78.6 cm³/mol. The zero-order valence-electron chi connectivity index (χ0n) is 11.7. The van der Waals surface area contributed by atoms with Crippen LogP contribution in [0.1, 0.15) is 36.5 Å². The van der Waals surface area contributed by atoms with Crippen LogP contribution >= 0.6 is 11.6 Å². The minimum atomic E-state index is -0.582. The summed E-state index contributed by atoms with van der Waals surface area (Å²) in [5, 5.41) is 2.89. The second kappa shape index (κ2) is 7.04. The van der Waals surface area contributed by atoms with Gasteiger partial charge in [-0.3, -0.25) is 9.69 Å². The molecule has 1 aliphatic heterocycles. The fourth-order valence-electron chi connectivity index (χ4n) is 2.61. The second-order valence-electron chi connectivity index (χ2n) is 5.23. The maximum Gasteiger partial charge on any atom is 0.255 e. The van der Waals surface area contributed by atoms with Crippen molar-refractivity contribution in [1.82, 2.24) is 10.2 Å². The maximum atomic E-state index is 13.6. The number of amides is 1. The van der Waals surface area contributed by atoms with E-state index in [2.05, 4.69) is 17.1 Å². The number of carbonyl (C=O) groups is 1. The fraction of sp³-hybridized carbons (Fsp3) is 0.533. The van der Waals surface area contributed by atoms with E-state index in [1.54, 1.807) is 0 Å². The molecule has 1 aromatic rings. The standard InChI is InChI=1S/C15H20ClFN2O/c1-11-5-2-3-9-19(11)10-8-18-15(20)14-12(16)6-4-7-13(14)17/h4,6-7,11H,2-3,5,8-10H2,1H3,(H,18,20). The SMILES string of the molecule is CC1CCCCN1CCNC(=O)c1c(F)cccc1Cl. The lowest BCUT2D eigenvalue weighted by Crippen LogP contribution is -2.42. The largest absolute Gasteiger partial charge is 0.351 e. The molecule has 0 radical (unpaired) electrons. The molecule has 1 N–H and O–H groups in total. The molecular formula is C15H20ClFN2O. The summed E-state index contributed by atoms with van der Waals surface area (Å²) >= 11 is 5.86. The predicted octanol–water partition coefficient (Wildman–Crippen LogP) is 3.08. The van der Waals surface area contributed by atoms with Crippen LogP contribution in [0.2, 0.25) is 5.02 Å². The molecule has 1 amide bonds. The van der Waals surface area contributed by atoms with Crippen molar-refractivity contribution in [3.63, 3.8) is 0 Å². The summed E-state index contributed by atoms with van der Waals surface area (Å²) in [6.07, 6.45) is 3.68. The third-order valence-corrected chi connectivity index (χ3v) is 4.13. The Morgan fingerprint density at radius 1 is 1.50 bits per heavy atom. The van der Waals surface area contributed by atoms with Crippen LogP contribution in [-0.4, -0.2) is 36.5 Å². The molecule has 0 spiro atoms. The van der Waals surface area contributed by atoms with Crippen LogP contribution in [0.25, 0.3) is 0 Å². The van der Waals surface area contributed by atoms with Gasteiger partial charge in [0.2, 0.25) is 0 Å². The molecule has 20 heavy (non-hydrogen) atoms. The number of benzene rings is 1. The van der Waals surface area contributed by atoms with Crippen LogP contribution in [0.15, 0.2) is 18.2 Å². The molecule has 110 valence electrons. The molecule has 1 fully saturated rings. The van der Waals surface area contributed by atoms with E-state index >= 15 is 0 Å². The molecule has 2 rings (SSSR count). The summed E-state index contributed by atoms with van der Waals surface area (Å²) in [7, 11) is 0. The van der Waals surface area contributed by atoms with E-state index in [0.29, 0.717) is 12.6 Å². The molecule has 0 aliphatic carbocycles. The minimum Gasteiger partial charge on any atom is -0.351 e. The van der Waals surface area contributed by atoms with Crippen molar-refractivity contribution in [2.24, 2.45) is 0 Å². The van der Waals surface area contributed by atoms with Gasteiger partial charge in [0.05, 0.1) is 10.6 Å². The molecule has 0 bridgehead atoms. The first-order valence-corrected chi connectivity index (χ1v) is 7.43. The molecule has 1 atom stereocenters. The Bertz CT molecular complexity index is 461. The number of carbonyl (C=O) groups excluding carboxylic acids is 1. The highest BCUT2D eigenvalue weighted by Crippen LogP contribution is 2.19. The number of likely N-dealkylation sites (tertiary alicyclic amines) is 1. The van der Waals surface area contributed by atoms with Crippen molar-refractivity contribution in [2.45, 2.75) is 32.2 Å². The van der Waals surface area contributed by atoms with Crippen LogP contribution in [-0.2, 0) is 0 Å². The fourth-order valence-corrected chi connectivity index (χ4v) is 2.85. The van der Waals surface area contributed by atoms with Crippen molar-refractivity contribution in [3.8, 4) is 0 Å². The van der Waals surface area contributed by atoms with E-state index < -0.39 is 11.7 Å². The Labute approximate surface area is 124 Å². The van der Waals surface area contributed by atoms with Gasteiger partial charge >= 0.3 is 0 Å². The van der Waals surface area contributed by atoms with E-state index in [0.717, 1.165) is 13.1 Å². The van der Waals surface area contributed by atoms with E-state index in [1.807, 2.05) is 0 Å². The Balaban J connectivity index is 1.86. The van der Waals surface area contributed by atoms with Crippen molar-refractivity contribution >= 4 is 17.5 Å². The lowest BCUT2D eigenvalue weighted by molar-refractivity contribution is 0.0934. The number of rotatable bonds is 4. The molecule has 1 unspecified atom stereocenters. The van der Waals surface area contributed by atoms with Crippen LogP contribution in [0.5, 0.6) is 0 Å². The van der Waals surface area contributed by atoms with Gasteiger partial charge in [-0.25, -0.2) is 4.39 Å². The van der Waals surface area contributed by atoms with Crippen LogP contribution < -0.4 is 5.32 Å². The van der Waals surface area contributed by atoms with Crippen molar-refractivity contribution < 1.29 is 9.18 Å². The summed E-state index contributed by atoms with van der Waals surface area (Å²) in [5.41, 5.74) is -0.0686. The summed E-state index contributed by atoms with van der Waals surface area (Å²) < 4.78 is 13.6. The molecule has 0 aromatic heterocycles. The molecule has 1 aromatic carbocycles. The lowest BCUT2D eigenvalue weighted by Gasteiger charge is -2.33. The maximum absolute atomic E-state index is 13.6. The number of nitrogens with zero attached hydrogens (tertiary/aromatic N) is 1. The third-order valence-electron chi connectivity index (χ3n) is 3.81. The van der Waals surface area contributed by atoms with Gasteiger partial charge in [0.15, 0.2) is 0 Å². The normalized spacial score (nSPS) is 19.9. The van der Waals surface area contributed by atoms with Crippen molar-refractivity contribution in [2.75, 3.05) is 19.6 Å². The summed E-state index contributed by atoms with van der Waals surface area (Å²) in [5.74, 6) is -1.03. The van der Waals surface area contributed by atoms with Gasteiger partial charge in [-0.1, -0.05) is 24.1 Å². The van der Waals surface area contributed by atoms with Gasteiger partial charge in [-0.15, -0.1) is 0 Å². The van der Waals surface area contributed by atoms with E-state index in [1.165, 1.54) is 37.5 Å². The van der Waals surface area contributed by atoms with Gasteiger partial charge in [-0.05, 0) is 38.4 Å². The summed E-state index contributed by atoms with van der Waals surface area (Å²) in [4.78, 5) is 14.3. The minimum absolute atomic E-state index is 0.0686. The van der Waals surface area contributed by atoms with E-state index in [9.17, 15) is 9.18 Å². The first kappa shape index (κ1) is 15.3. The molecule has 0 saturated carbocycles. The van der Waals surface area contributed by atoms with E-state index in [4.69, 9.17) is 11.6 Å². The first-order valence-electron chi connectivity index (χ1n) is 7.06. The Kier molecular flexibility index (Phi) is 5.38. The van der Waals surface area contributed by atoms with Gasteiger partial charge in [-0.2, -0.15) is 0 Å². The molecule has 1 heterocycles. The van der Waals surface area contributed by atoms with Crippen LogP contribution in [0.4, 0.5) is 4.39 Å². The second-order valence-corrected chi connectivity index (χ2v) is 5.64. The van der Waals surface area contributed by atoms with Gasteiger partial charge < -0.3 is 5.32 Å². The lowest BCUT2D eigenvalue weighted by atomic mass is 10.0. The van der Waals surface area contributed by atoms with Crippen molar-refractivity contribution in [1.29, 1.82) is 0 Å². The average molecular weight is 299 g/mol. The van der Waals surface area contributed by atoms with Gasteiger partial charge in [0.1, 0.15) is 5.82 Å². The number of hydrogen-bond donors (Lipinski definition) is 1. The highest BCUT2D eigenvalue weighted by atomic mass is 35.5. The van der Waals surface area contributed by atoms with Crippen LogP contribution in [0, 0.1) is 5.82 Å². The quantitative estimate of drug-likeness (QED) is 0.926. The highest BCUT2D eigenvalue weighted by molar-refractivity contribution is 6.33. The zero-order valence-corrected chi connectivity index (χ0v) is 12.4. The Morgan fingerprint density at radius 2 is 2.30 bits per heavy atom. The topological polar surface area (TPSA) is 32.3 Å². The highest BCUT2D eigenvalue weighted by Gasteiger charge is 2.19. The molecular weight excluding hydrogens is 279 g/mol. The zero-order chi connectivity index (χ0) is 14.5. The smallest absolute Gasteiger partial charge is 0.255 e. The van der Waals surface area contributed by atoms with Crippen molar-refractivity contribution in [3.05, 3.63) is 34.6 Å². The summed E-state index contributed by atoms with van der Waals surface area (Å²) in [6.45, 7) is 4.57. The molecule has 3 nitrogen and oxygen atoms in total. The number of halogens is 2. The molecule has 5 heteroatoms.